The van der Waals surface area contributed by atoms with Gasteiger partial charge in [0.25, 0.3) is 0 Å². The van der Waals surface area contributed by atoms with Gasteiger partial charge >= 0.3 is 0 Å². The van der Waals surface area contributed by atoms with Gasteiger partial charge in [-0.15, -0.1) is 0 Å². The first kappa shape index (κ1) is 13.2. The first-order valence-corrected chi connectivity index (χ1v) is 8.35. The lowest BCUT2D eigenvalue weighted by atomic mass is 10.0. The Balaban J connectivity index is 1.93. The number of sulfonamides is 1. The van der Waals surface area contributed by atoms with Gasteiger partial charge < -0.3 is 5.73 Å². The number of fused-ring (bicyclic) bond motifs is 1. The molecule has 0 amide bonds. The van der Waals surface area contributed by atoms with E-state index in [1.54, 1.807) is 16.4 Å². The second-order valence-electron chi connectivity index (χ2n) is 5.46. The van der Waals surface area contributed by atoms with E-state index in [9.17, 15) is 8.42 Å². The summed E-state index contributed by atoms with van der Waals surface area (Å²) in [5.41, 5.74) is 6.09. The maximum atomic E-state index is 12.6. The zero-order chi connectivity index (χ0) is 13.6. The maximum Gasteiger partial charge on any atom is 0.244 e. The molecule has 1 aliphatic heterocycles. The fraction of sp³-hybridized carbons (Fsp3) is 0.538. The second-order valence-corrected chi connectivity index (χ2v) is 7.78. The normalized spacial score (nSPS) is 27.6. The van der Waals surface area contributed by atoms with Gasteiger partial charge in [-0.1, -0.05) is 18.0 Å². The van der Waals surface area contributed by atoms with E-state index in [4.69, 9.17) is 17.3 Å². The van der Waals surface area contributed by atoms with E-state index in [0.717, 1.165) is 12.8 Å². The van der Waals surface area contributed by atoms with Crippen molar-refractivity contribution in [2.75, 3.05) is 18.8 Å². The monoisotopic (exact) mass is 300 g/mol. The standard InChI is InChI=1S/C13H17ClN2O2S/c14-12-5-4-11(15)6-13(12)19(17,18)16-7-9-2-1-3-10(9)8-16/h4-6,9-10H,1-3,7-8,15H2. The number of anilines is 1. The average Bonchev–Trinajstić information content (AvgIpc) is 2.92. The van der Waals surface area contributed by atoms with Crippen LogP contribution in [-0.2, 0) is 10.0 Å². The van der Waals surface area contributed by atoms with Crippen molar-refractivity contribution in [3.05, 3.63) is 23.2 Å². The van der Waals surface area contributed by atoms with Crippen LogP contribution < -0.4 is 5.73 Å². The largest absolute Gasteiger partial charge is 0.399 e. The summed E-state index contributed by atoms with van der Waals surface area (Å²) in [5, 5.41) is 0.242. The number of nitrogen functional groups attached to an aromatic ring is 1. The molecule has 1 heterocycles. The van der Waals surface area contributed by atoms with Crippen LogP contribution in [0.15, 0.2) is 23.1 Å². The van der Waals surface area contributed by atoms with Gasteiger partial charge in [0.1, 0.15) is 4.90 Å². The van der Waals surface area contributed by atoms with Crippen molar-refractivity contribution in [3.63, 3.8) is 0 Å². The minimum atomic E-state index is -3.51. The summed E-state index contributed by atoms with van der Waals surface area (Å²) >= 11 is 6.02. The first-order valence-electron chi connectivity index (χ1n) is 6.53. The lowest BCUT2D eigenvalue weighted by Crippen LogP contribution is -2.30. The second kappa shape index (κ2) is 4.65. The van der Waals surface area contributed by atoms with E-state index < -0.39 is 10.0 Å². The number of rotatable bonds is 2. The van der Waals surface area contributed by atoms with Crippen molar-refractivity contribution in [1.82, 2.24) is 4.31 Å². The number of nitrogens with zero attached hydrogens (tertiary/aromatic N) is 1. The highest BCUT2D eigenvalue weighted by atomic mass is 35.5. The van der Waals surface area contributed by atoms with Crippen molar-refractivity contribution in [3.8, 4) is 0 Å². The Morgan fingerprint density at radius 2 is 1.84 bits per heavy atom. The predicted octanol–water partition coefficient (Wildman–Crippen LogP) is 2.34. The molecule has 3 rings (SSSR count). The van der Waals surface area contributed by atoms with Crippen LogP contribution in [0.4, 0.5) is 5.69 Å². The lowest BCUT2D eigenvalue weighted by molar-refractivity contribution is 0.445. The van der Waals surface area contributed by atoms with E-state index in [0.29, 0.717) is 30.6 Å². The van der Waals surface area contributed by atoms with Crippen LogP contribution in [0.2, 0.25) is 5.02 Å². The third kappa shape index (κ3) is 2.24. The lowest BCUT2D eigenvalue weighted by Gasteiger charge is -2.18. The fourth-order valence-electron chi connectivity index (χ4n) is 3.24. The molecule has 4 nitrogen and oxygen atoms in total. The third-order valence-electron chi connectivity index (χ3n) is 4.27. The zero-order valence-corrected chi connectivity index (χ0v) is 12.1. The quantitative estimate of drug-likeness (QED) is 0.853. The Hall–Kier alpha value is -0.780. The number of hydrogen-bond acceptors (Lipinski definition) is 3. The molecule has 0 spiro atoms. The van der Waals surface area contributed by atoms with Crippen molar-refractivity contribution in [1.29, 1.82) is 0 Å². The fourth-order valence-corrected chi connectivity index (χ4v) is 5.31. The van der Waals surface area contributed by atoms with E-state index in [1.807, 2.05) is 0 Å². The van der Waals surface area contributed by atoms with Gasteiger partial charge in [0.2, 0.25) is 10.0 Å². The zero-order valence-electron chi connectivity index (χ0n) is 10.5. The molecule has 1 aromatic rings. The molecular weight excluding hydrogens is 284 g/mol. The molecule has 0 radical (unpaired) electrons. The average molecular weight is 301 g/mol. The summed E-state index contributed by atoms with van der Waals surface area (Å²) < 4.78 is 26.8. The van der Waals surface area contributed by atoms with Crippen LogP contribution in [0.1, 0.15) is 19.3 Å². The number of benzene rings is 1. The van der Waals surface area contributed by atoms with Crippen LogP contribution in [0.5, 0.6) is 0 Å². The summed E-state index contributed by atoms with van der Waals surface area (Å²) in [4.78, 5) is 0.133. The maximum absolute atomic E-state index is 12.6. The van der Waals surface area contributed by atoms with Crippen LogP contribution in [-0.4, -0.2) is 25.8 Å². The summed E-state index contributed by atoms with van der Waals surface area (Å²) in [6.45, 7) is 1.25. The summed E-state index contributed by atoms with van der Waals surface area (Å²) in [6.07, 6.45) is 3.50. The summed E-state index contributed by atoms with van der Waals surface area (Å²) in [6, 6.07) is 4.60. The van der Waals surface area contributed by atoms with Crippen LogP contribution in [0, 0.1) is 11.8 Å². The molecule has 2 unspecified atom stereocenters. The molecule has 104 valence electrons. The van der Waals surface area contributed by atoms with Gasteiger partial charge in [0, 0.05) is 18.8 Å². The molecule has 6 heteroatoms. The molecule has 19 heavy (non-hydrogen) atoms. The van der Waals surface area contributed by atoms with E-state index in [1.165, 1.54) is 12.5 Å². The summed E-state index contributed by atoms with van der Waals surface area (Å²) in [7, 11) is -3.51. The predicted molar refractivity (Wildman–Crippen MR) is 75.5 cm³/mol. The van der Waals surface area contributed by atoms with E-state index >= 15 is 0 Å². The van der Waals surface area contributed by atoms with Gasteiger partial charge in [-0.3, -0.25) is 0 Å². The highest BCUT2D eigenvalue weighted by Crippen LogP contribution is 2.40. The number of halogens is 1. The Morgan fingerprint density at radius 3 is 2.47 bits per heavy atom. The van der Waals surface area contributed by atoms with Crippen LogP contribution in [0.3, 0.4) is 0 Å². The number of nitrogens with two attached hydrogens (primary N) is 1. The highest BCUT2D eigenvalue weighted by Gasteiger charge is 2.41. The van der Waals surface area contributed by atoms with Gasteiger partial charge in [-0.2, -0.15) is 4.31 Å². The van der Waals surface area contributed by atoms with Gasteiger partial charge in [0.15, 0.2) is 0 Å². The van der Waals surface area contributed by atoms with Gasteiger partial charge in [-0.25, -0.2) is 8.42 Å². The molecule has 2 N–H and O–H groups in total. The first-order chi connectivity index (χ1) is 8.98. The molecule has 0 bridgehead atoms. The Kier molecular flexibility index (Phi) is 3.23. The molecule has 1 aromatic carbocycles. The van der Waals surface area contributed by atoms with E-state index in [2.05, 4.69) is 0 Å². The molecule has 1 aliphatic carbocycles. The topological polar surface area (TPSA) is 63.4 Å². The molecule has 2 fully saturated rings. The van der Waals surface area contributed by atoms with E-state index in [-0.39, 0.29) is 9.92 Å². The Bertz CT molecular complexity index is 591. The summed E-state index contributed by atoms with van der Waals surface area (Å²) in [5.74, 6) is 1.05. The molecule has 1 saturated carbocycles. The molecular formula is C13H17ClN2O2S. The molecule has 2 aliphatic rings. The molecule has 0 aromatic heterocycles. The molecule has 2 atom stereocenters. The van der Waals surface area contributed by atoms with Crippen molar-refractivity contribution in [2.45, 2.75) is 24.2 Å². The van der Waals surface area contributed by atoms with Gasteiger partial charge in [0.05, 0.1) is 5.02 Å². The SMILES string of the molecule is Nc1ccc(Cl)c(S(=O)(=O)N2CC3CCCC3C2)c1. The number of hydrogen-bond donors (Lipinski definition) is 1. The Labute approximate surface area is 118 Å². The highest BCUT2D eigenvalue weighted by molar-refractivity contribution is 7.89. The Morgan fingerprint density at radius 1 is 1.21 bits per heavy atom. The van der Waals surface area contributed by atoms with Gasteiger partial charge in [-0.05, 0) is 42.9 Å². The van der Waals surface area contributed by atoms with Crippen molar-refractivity contribution >= 4 is 27.3 Å². The minimum absolute atomic E-state index is 0.133. The van der Waals surface area contributed by atoms with Crippen LogP contribution >= 0.6 is 11.6 Å². The minimum Gasteiger partial charge on any atom is -0.399 e. The molecule has 1 saturated heterocycles. The smallest absolute Gasteiger partial charge is 0.244 e. The van der Waals surface area contributed by atoms with Crippen LogP contribution in [0.25, 0.3) is 0 Å². The van der Waals surface area contributed by atoms with Crippen molar-refractivity contribution in [2.24, 2.45) is 11.8 Å². The third-order valence-corrected chi connectivity index (χ3v) is 6.58. The van der Waals surface area contributed by atoms with Crippen molar-refractivity contribution < 1.29 is 8.42 Å².